The minimum absolute atomic E-state index is 0.146. The number of halogens is 2. The fraction of sp³-hybridized carbons (Fsp3) is 0.292. The normalized spacial score (nSPS) is 11.7. The molecule has 0 radical (unpaired) electrons. The molecule has 32 heavy (non-hydrogen) atoms. The fourth-order valence-electron chi connectivity index (χ4n) is 3.57. The fourth-order valence-corrected chi connectivity index (χ4v) is 4.01. The van der Waals surface area contributed by atoms with Crippen molar-refractivity contribution in [1.29, 1.82) is 0 Å². The van der Waals surface area contributed by atoms with Gasteiger partial charge in [-0.15, -0.1) is 0 Å². The van der Waals surface area contributed by atoms with E-state index >= 15 is 0 Å². The minimum atomic E-state index is -0.623. The zero-order valence-corrected chi connectivity index (χ0v) is 19.9. The first-order valence-corrected chi connectivity index (χ1v) is 11.0. The van der Waals surface area contributed by atoms with Crippen molar-refractivity contribution in [2.75, 3.05) is 13.7 Å². The van der Waals surface area contributed by atoms with Gasteiger partial charge in [-0.2, -0.15) is 0 Å². The highest BCUT2D eigenvalue weighted by Gasteiger charge is 2.30. The molecule has 1 aromatic heterocycles. The van der Waals surface area contributed by atoms with Crippen LogP contribution in [-0.4, -0.2) is 29.6 Å². The van der Waals surface area contributed by atoms with Crippen LogP contribution in [-0.2, 0) is 11.3 Å². The highest BCUT2D eigenvalue weighted by molar-refractivity contribution is 6.33. The Morgan fingerprint density at radius 2 is 1.81 bits per heavy atom. The monoisotopic (exact) mass is 473 g/mol. The zero-order chi connectivity index (χ0) is 23.3. The first-order chi connectivity index (χ1) is 15.4. The van der Waals surface area contributed by atoms with E-state index in [9.17, 15) is 4.79 Å². The van der Waals surface area contributed by atoms with Crippen LogP contribution in [0.3, 0.4) is 0 Å². The van der Waals surface area contributed by atoms with Crippen LogP contribution in [0.25, 0.3) is 11.1 Å². The Balaban J connectivity index is 2.08. The lowest BCUT2D eigenvalue weighted by molar-refractivity contribution is -0.122. The molecule has 0 aliphatic carbocycles. The van der Waals surface area contributed by atoms with E-state index in [2.05, 4.69) is 15.3 Å². The van der Waals surface area contributed by atoms with Crippen LogP contribution >= 0.6 is 23.2 Å². The maximum absolute atomic E-state index is 13.1. The van der Waals surface area contributed by atoms with E-state index in [4.69, 9.17) is 32.7 Å². The molecule has 0 bridgehead atoms. The highest BCUT2D eigenvalue weighted by Crippen LogP contribution is 2.49. The molecular weight excluding hydrogens is 449 g/mol. The van der Waals surface area contributed by atoms with Crippen molar-refractivity contribution in [3.8, 4) is 22.6 Å². The molecule has 6 nitrogen and oxygen atoms in total. The average molecular weight is 474 g/mol. The number of methoxy groups -OCH3 is 1. The standard InChI is InChI=1S/C24H25Cl2N3O3/c1-5-32-21-18(16-9-7-6-8-10-16)14(2)20(25)22(31-4)19(21)15(3)24(30)29-13-17-23(26)28-12-11-27-17/h6-12,15H,5,13H2,1-4H3,(H,29,30). The Hall–Kier alpha value is -2.83. The third-order valence-electron chi connectivity index (χ3n) is 5.15. The summed E-state index contributed by atoms with van der Waals surface area (Å²) in [7, 11) is 1.53. The number of hydrogen-bond donors (Lipinski definition) is 1. The van der Waals surface area contributed by atoms with E-state index in [-0.39, 0.29) is 17.6 Å². The Morgan fingerprint density at radius 1 is 1.12 bits per heavy atom. The summed E-state index contributed by atoms with van der Waals surface area (Å²) in [5.74, 6) is 0.137. The number of nitrogens with one attached hydrogen (secondary N) is 1. The van der Waals surface area contributed by atoms with E-state index in [0.717, 1.165) is 16.7 Å². The molecular formula is C24H25Cl2N3O3. The molecule has 8 heteroatoms. The first-order valence-electron chi connectivity index (χ1n) is 10.2. The van der Waals surface area contributed by atoms with Crippen molar-refractivity contribution >= 4 is 29.1 Å². The van der Waals surface area contributed by atoms with Crippen LogP contribution in [0, 0.1) is 6.92 Å². The number of aromatic nitrogens is 2. The third-order valence-corrected chi connectivity index (χ3v) is 5.93. The molecule has 0 fully saturated rings. The molecule has 1 heterocycles. The molecule has 2 aromatic carbocycles. The molecule has 0 aliphatic rings. The van der Waals surface area contributed by atoms with Crippen molar-refractivity contribution in [2.45, 2.75) is 33.2 Å². The number of benzene rings is 2. The number of ether oxygens (including phenoxy) is 2. The van der Waals surface area contributed by atoms with E-state index in [1.165, 1.54) is 19.5 Å². The average Bonchev–Trinajstić information content (AvgIpc) is 2.80. The lowest BCUT2D eigenvalue weighted by atomic mass is 9.89. The topological polar surface area (TPSA) is 73.3 Å². The number of hydrogen-bond acceptors (Lipinski definition) is 5. The summed E-state index contributed by atoms with van der Waals surface area (Å²) in [5.41, 5.74) is 3.68. The highest BCUT2D eigenvalue weighted by atomic mass is 35.5. The Labute approximate surface area is 197 Å². The molecule has 1 amide bonds. The zero-order valence-electron chi connectivity index (χ0n) is 18.4. The van der Waals surface area contributed by atoms with Gasteiger partial charge in [0.1, 0.15) is 11.5 Å². The van der Waals surface area contributed by atoms with Gasteiger partial charge in [-0.1, -0.05) is 53.5 Å². The summed E-state index contributed by atoms with van der Waals surface area (Å²) in [6.07, 6.45) is 3.02. The second kappa shape index (κ2) is 10.7. The van der Waals surface area contributed by atoms with Crippen LogP contribution in [0.2, 0.25) is 10.2 Å². The predicted molar refractivity (Wildman–Crippen MR) is 127 cm³/mol. The molecule has 1 N–H and O–H groups in total. The molecule has 1 unspecified atom stereocenters. The number of rotatable bonds is 8. The molecule has 168 valence electrons. The van der Waals surface area contributed by atoms with Gasteiger partial charge in [-0.25, -0.2) is 4.98 Å². The Kier molecular flexibility index (Phi) is 7.94. The van der Waals surface area contributed by atoms with E-state index in [1.54, 1.807) is 6.92 Å². The SMILES string of the molecule is CCOc1c(-c2ccccc2)c(C)c(Cl)c(OC)c1C(C)C(=O)NCc1nccnc1Cl. The van der Waals surface area contributed by atoms with Gasteiger partial charge in [0.2, 0.25) is 5.91 Å². The third kappa shape index (κ3) is 4.81. The van der Waals surface area contributed by atoms with Gasteiger partial charge in [0.25, 0.3) is 0 Å². The van der Waals surface area contributed by atoms with E-state index in [1.807, 2.05) is 44.2 Å². The number of amides is 1. The molecule has 1 atom stereocenters. The van der Waals surface area contributed by atoms with Gasteiger partial charge in [-0.05, 0) is 31.9 Å². The van der Waals surface area contributed by atoms with Gasteiger partial charge >= 0.3 is 0 Å². The van der Waals surface area contributed by atoms with Crippen LogP contribution < -0.4 is 14.8 Å². The van der Waals surface area contributed by atoms with Gasteiger partial charge in [-0.3, -0.25) is 9.78 Å². The lowest BCUT2D eigenvalue weighted by Gasteiger charge is -2.25. The van der Waals surface area contributed by atoms with Crippen molar-refractivity contribution in [2.24, 2.45) is 0 Å². The minimum Gasteiger partial charge on any atom is -0.495 e. The molecule has 0 saturated heterocycles. The lowest BCUT2D eigenvalue weighted by Crippen LogP contribution is -2.29. The second-order valence-corrected chi connectivity index (χ2v) is 7.86. The summed E-state index contributed by atoms with van der Waals surface area (Å²) in [6.45, 7) is 6.17. The predicted octanol–water partition coefficient (Wildman–Crippen LogP) is 5.59. The number of nitrogens with zero attached hydrogens (tertiary/aromatic N) is 2. The molecule has 0 spiro atoms. The van der Waals surface area contributed by atoms with Gasteiger partial charge in [0, 0.05) is 18.0 Å². The van der Waals surface area contributed by atoms with Gasteiger partial charge in [0.15, 0.2) is 5.15 Å². The Morgan fingerprint density at radius 3 is 2.44 bits per heavy atom. The molecule has 0 aliphatic heterocycles. The molecule has 3 aromatic rings. The maximum Gasteiger partial charge on any atom is 0.227 e. The largest absolute Gasteiger partial charge is 0.495 e. The quantitative estimate of drug-likeness (QED) is 0.461. The Bertz CT molecular complexity index is 1110. The van der Waals surface area contributed by atoms with E-state index in [0.29, 0.717) is 34.4 Å². The second-order valence-electron chi connectivity index (χ2n) is 7.12. The van der Waals surface area contributed by atoms with Crippen molar-refractivity contribution in [1.82, 2.24) is 15.3 Å². The number of carbonyl (C=O) groups is 1. The van der Waals surface area contributed by atoms with Crippen molar-refractivity contribution < 1.29 is 14.3 Å². The smallest absolute Gasteiger partial charge is 0.227 e. The molecule has 3 rings (SSSR count). The number of carbonyl (C=O) groups excluding carboxylic acids is 1. The van der Waals surface area contributed by atoms with Crippen LogP contribution in [0.15, 0.2) is 42.7 Å². The van der Waals surface area contributed by atoms with Crippen molar-refractivity contribution in [3.05, 3.63) is 69.7 Å². The van der Waals surface area contributed by atoms with E-state index < -0.39 is 5.92 Å². The maximum atomic E-state index is 13.1. The summed E-state index contributed by atoms with van der Waals surface area (Å²) in [6, 6.07) is 9.81. The van der Waals surface area contributed by atoms with Crippen LogP contribution in [0.5, 0.6) is 11.5 Å². The van der Waals surface area contributed by atoms with Gasteiger partial charge in [0.05, 0.1) is 42.5 Å². The van der Waals surface area contributed by atoms with Crippen LogP contribution in [0.4, 0.5) is 0 Å². The summed E-state index contributed by atoms with van der Waals surface area (Å²) >= 11 is 12.8. The summed E-state index contributed by atoms with van der Waals surface area (Å²) in [4.78, 5) is 21.3. The van der Waals surface area contributed by atoms with Gasteiger partial charge < -0.3 is 14.8 Å². The summed E-state index contributed by atoms with van der Waals surface area (Å²) < 4.78 is 11.7. The van der Waals surface area contributed by atoms with Crippen LogP contribution in [0.1, 0.15) is 36.6 Å². The first kappa shape index (κ1) is 23.8. The molecule has 0 saturated carbocycles. The van der Waals surface area contributed by atoms with Crippen molar-refractivity contribution in [3.63, 3.8) is 0 Å². The summed E-state index contributed by atoms with van der Waals surface area (Å²) in [5, 5.41) is 3.57.